The van der Waals surface area contributed by atoms with Crippen molar-refractivity contribution >= 4 is 28.9 Å². The largest absolute Gasteiger partial charge is 0.493 e. The number of ether oxygens (including phenoxy) is 2. The number of hydrogen-bond donors (Lipinski definition) is 1. The summed E-state index contributed by atoms with van der Waals surface area (Å²) in [5.41, 5.74) is 2.22. The van der Waals surface area contributed by atoms with E-state index in [4.69, 9.17) is 21.1 Å². The number of carbonyl (C=O) groups is 1. The Balaban J connectivity index is 1.86. The number of rotatable bonds is 6. The monoisotopic (exact) mass is 374 g/mol. The number of nitrogens with one attached hydrogen (secondary N) is 1. The van der Waals surface area contributed by atoms with Crippen LogP contribution in [0.15, 0.2) is 36.4 Å². The molecule has 0 atom stereocenters. The van der Waals surface area contributed by atoms with Crippen molar-refractivity contribution in [3.8, 4) is 11.5 Å². The van der Waals surface area contributed by atoms with Crippen LogP contribution in [0.2, 0.25) is 5.02 Å². The Labute approximate surface area is 158 Å². The van der Waals surface area contributed by atoms with E-state index in [0.717, 1.165) is 37.3 Å². The smallest absolute Gasteiger partial charge is 0.255 e. The molecule has 0 saturated carbocycles. The van der Waals surface area contributed by atoms with Gasteiger partial charge in [0.2, 0.25) is 0 Å². The van der Waals surface area contributed by atoms with Crippen LogP contribution in [-0.2, 0) is 0 Å². The van der Waals surface area contributed by atoms with E-state index >= 15 is 0 Å². The van der Waals surface area contributed by atoms with Crippen LogP contribution < -0.4 is 19.7 Å². The summed E-state index contributed by atoms with van der Waals surface area (Å²) in [7, 11) is 1.58. The fourth-order valence-electron chi connectivity index (χ4n) is 3.12. The van der Waals surface area contributed by atoms with Crippen LogP contribution in [-0.4, -0.2) is 32.7 Å². The van der Waals surface area contributed by atoms with Crippen LogP contribution in [0, 0.1) is 0 Å². The molecule has 1 heterocycles. The van der Waals surface area contributed by atoms with Crippen molar-refractivity contribution < 1.29 is 14.3 Å². The Morgan fingerprint density at radius 2 is 1.92 bits per heavy atom. The Morgan fingerprint density at radius 1 is 1.15 bits per heavy atom. The summed E-state index contributed by atoms with van der Waals surface area (Å²) in [4.78, 5) is 15.0. The molecule has 0 radical (unpaired) electrons. The number of halogens is 1. The molecule has 2 aromatic rings. The van der Waals surface area contributed by atoms with Crippen LogP contribution >= 0.6 is 11.6 Å². The maximum absolute atomic E-state index is 12.8. The Hall–Kier alpha value is -2.40. The molecule has 0 spiro atoms. The first kappa shape index (κ1) is 18.4. The maximum atomic E-state index is 12.8. The van der Waals surface area contributed by atoms with Crippen molar-refractivity contribution in [2.45, 2.75) is 19.8 Å². The van der Waals surface area contributed by atoms with Gasteiger partial charge in [-0.25, -0.2) is 0 Å². The molecule has 3 rings (SSSR count). The summed E-state index contributed by atoms with van der Waals surface area (Å²) in [6.07, 6.45) is 2.32. The molecule has 0 aromatic heterocycles. The van der Waals surface area contributed by atoms with E-state index in [1.807, 2.05) is 19.1 Å². The zero-order valence-corrected chi connectivity index (χ0v) is 15.8. The molecule has 26 heavy (non-hydrogen) atoms. The molecular formula is C20H23ClN2O3. The van der Waals surface area contributed by atoms with Crippen molar-refractivity contribution in [3.63, 3.8) is 0 Å². The molecule has 1 fully saturated rings. The van der Waals surface area contributed by atoms with Gasteiger partial charge in [-0.05, 0) is 56.2 Å². The molecule has 1 N–H and O–H groups in total. The van der Waals surface area contributed by atoms with Crippen molar-refractivity contribution in [1.82, 2.24) is 0 Å². The quantitative estimate of drug-likeness (QED) is 0.802. The standard InChI is InChI=1S/C20H23ClN2O3/c1-3-26-19-12-14(6-9-18(19)25-2)20(24)22-16-13-15(21)7-8-17(16)23-10-4-5-11-23/h6-9,12-13H,3-5,10-11H2,1-2H3,(H,22,24). The number of anilines is 2. The van der Waals surface area contributed by atoms with Crippen molar-refractivity contribution in [3.05, 3.63) is 47.0 Å². The van der Waals surface area contributed by atoms with Gasteiger partial charge in [0.05, 0.1) is 25.1 Å². The first-order chi connectivity index (χ1) is 12.6. The molecule has 5 nitrogen and oxygen atoms in total. The maximum Gasteiger partial charge on any atom is 0.255 e. The van der Waals surface area contributed by atoms with Gasteiger partial charge >= 0.3 is 0 Å². The molecule has 1 amide bonds. The van der Waals surface area contributed by atoms with Crippen molar-refractivity contribution in [1.29, 1.82) is 0 Å². The Morgan fingerprint density at radius 3 is 2.62 bits per heavy atom. The fourth-order valence-corrected chi connectivity index (χ4v) is 3.29. The molecule has 1 aliphatic heterocycles. The number of benzene rings is 2. The lowest BCUT2D eigenvalue weighted by molar-refractivity contribution is 0.102. The highest BCUT2D eigenvalue weighted by molar-refractivity contribution is 6.31. The van der Waals surface area contributed by atoms with E-state index in [-0.39, 0.29) is 5.91 Å². The third kappa shape index (κ3) is 4.05. The lowest BCUT2D eigenvalue weighted by atomic mass is 10.1. The molecule has 1 aliphatic rings. The normalized spacial score (nSPS) is 13.6. The van der Waals surface area contributed by atoms with Crippen LogP contribution in [0.5, 0.6) is 11.5 Å². The SMILES string of the molecule is CCOc1cc(C(=O)Nc2cc(Cl)ccc2N2CCCC2)ccc1OC. The van der Waals surface area contributed by atoms with E-state index in [1.54, 1.807) is 31.4 Å². The zero-order chi connectivity index (χ0) is 18.5. The average molecular weight is 375 g/mol. The number of carbonyl (C=O) groups excluding carboxylic acids is 1. The minimum Gasteiger partial charge on any atom is -0.493 e. The summed E-state index contributed by atoms with van der Waals surface area (Å²) < 4.78 is 10.8. The van der Waals surface area contributed by atoms with E-state index in [1.165, 1.54) is 0 Å². The number of hydrogen-bond acceptors (Lipinski definition) is 4. The van der Waals surface area contributed by atoms with Gasteiger partial charge in [0, 0.05) is 23.7 Å². The number of methoxy groups -OCH3 is 1. The van der Waals surface area contributed by atoms with Gasteiger partial charge in [0.15, 0.2) is 11.5 Å². The van der Waals surface area contributed by atoms with E-state index in [0.29, 0.717) is 28.7 Å². The predicted octanol–water partition coefficient (Wildman–Crippen LogP) is 4.60. The molecule has 1 saturated heterocycles. The minimum absolute atomic E-state index is 0.212. The first-order valence-corrected chi connectivity index (χ1v) is 9.17. The van der Waals surface area contributed by atoms with Crippen molar-refractivity contribution in [2.75, 3.05) is 37.0 Å². The molecular weight excluding hydrogens is 352 g/mol. The highest BCUT2D eigenvalue weighted by atomic mass is 35.5. The summed E-state index contributed by atoms with van der Waals surface area (Å²) in [6.45, 7) is 4.36. The third-order valence-corrected chi connectivity index (χ3v) is 4.61. The number of amides is 1. The Kier molecular flexibility index (Phi) is 5.89. The zero-order valence-electron chi connectivity index (χ0n) is 15.0. The van der Waals surface area contributed by atoms with E-state index in [9.17, 15) is 4.79 Å². The van der Waals surface area contributed by atoms with Crippen LogP contribution in [0.25, 0.3) is 0 Å². The first-order valence-electron chi connectivity index (χ1n) is 8.79. The summed E-state index contributed by atoms with van der Waals surface area (Å²) in [5, 5.41) is 3.58. The van der Waals surface area contributed by atoms with Gasteiger partial charge in [0.25, 0.3) is 5.91 Å². The second kappa shape index (κ2) is 8.32. The van der Waals surface area contributed by atoms with Gasteiger partial charge in [-0.3, -0.25) is 4.79 Å². The van der Waals surface area contributed by atoms with Gasteiger partial charge in [-0.1, -0.05) is 11.6 Å². The van der Waals surface area contributed by atoms with Crippen LogP contribution in [0.3, 0.4) is 0 Å². The topological polar surface area (TPSA) is 50.8 Å². The molecule has 0 bridgehead atoms. The predicted molar refractivity (Wildman–Crippen MR) is 105 cm³/mol. The second-order valence-corrected chi connectivity index (χ2v) is 6.54. The second-order valence-electron chi connectivity index (χ2n) is 6.11. The molecule has 0 unspecified atom stereocenters. The molecule has 138 valence electrons. The lowest BCUT2D eigenvalue weighted by Crippen LogP contribution is -2.21. The average Bonchev–Trinajstić information content (AvgIpc) is 3.16. The number of nitrogens with zero attached hydrogens (tertiary/aromatic N) is 1. The molecule has 0 aliphatic carbocycles. The lowest BCUT2D eigenvalue weighted by Gasteiger charge is -2.22. The van der Waals surface area contributed by atoms with E-state index < -0.39 is 0 Å². The highest BCUT2D eigenvalue weighted by Crippen LogP contribution is 2.33. The van der Waals surface area contributed by atoms with Gasteiger partial charge in [0.1, 0.15) is 0 Å². The minimum atomic E-state index is -0.212. The fraction of sp³-hybridized carbons (Fsp3) is 0.350. The van der Waals surface area contributed by atoms with Gasteiger partial charge < -0.3 is 19.7 Å². The van der Waals surface area contributed by atoms with Crippen LogP contribution in [0.1, 0.15) is 30.1 Å². The van der Waals surface area contributed by atoms with Crippen LogP contribution in [0.4, 0.5) is 11.4 Å². The highest BCUT2D eigenvalue weighted by Gasteiger charge is 2.18. The summed E-state index contributed by atoms with van der Waals surface area (Å²) in [5.74, 6) is 0.939. The third-order valence-electron chi connectivity index (χ3n) is 4.38. The Bertz CT molecular complexity index is 789. The molecule has 2 aromatic carbocycles. The summed E-state index contributed by atoms with van der Waals surface area (Å²) >= 11 is 6.15. The van der Waals surface area contributed by atoms with Crippen molar-refractivity contribution in [2.24, 2.45) is 0 Å². The molecule has 6 heteroatoms. The van der Waals surface area contributed by atoms with E-state index in [2.05, 4.69) is 10.2 Å². The summed E-state index contributed by atoms with van der Waals surface area (Å²) in [6, 6.07) is 10.8. The van der Waals surface area contributed by atoms with Gasteiger partial charge in [-0.15, -0.1) is 0 Å². The van der Waals surface area contributed by atoms with Gasteiger partial charge in [-0.2, -0.15) is 0 Å².